The SMILES string of the molecule is CN=C(NCCCC1CC1)NCCc1ccc2c(c1)CCO2.I. The van der Waals surface area contributed by atoms with Crippen molar-refractivity contribution in [2.24, 2.45) is 10.9 Å². The molecule has 128 valence electrons. The fourth-order valence-electron chi connectivity index (χ4n) is 2.95. The summed E-state index contributed by atoms with van der Waals surface area (Å²) < 4.78 is 5.54. The Morgan fingerprint density at radius 3 is 2.87 bits per heavy atom. The highest BCUT2D eigenvalue weighted by Gasteiger charge is 2.19. The number of nitrogens with one attached hydrogen (secondary N) is 2. The topological polar surface area (TPSA) is 45.7 Å². The average Bonchev–Trinajstić information content (AvgIpc) is 3.25. The van der Waals surface area contributed by atoms with Gasteiger partial charge < -0.3 is 15.4 Å². The van der Waals surface area contributed by atoms with E-state index in [1.807, 2.05) is 7.05 Å². The smallest absolute Gasteiger partial charge is 0.190 e. The van der Waals surface area contributed by atoms with Gasteiger partial charge >= 0.3 is 0 Å². The molecule has 1 heterocycles. The Labute approximate surface area is 156 Å². The van der Waals surface area contributed by atoms with Crippen LogP contribution in [-0.2, 0) is 12.8 Å². The van der Waals surface area contributed by atoms with Gasteiger partial charge in [0.25, 0.3) is 0 Å². The number of fused-ring (bicyclic) bond motifs is 1. The Bertz CT molecular complexity index is 529. The van der Waals surface area contributed by atoms with E-state index in [0.29, 0.717) is 0 Å². The summed E-state index contributed by atoms with van der Waals surface area (Å²) in [6.07, 6.45) is 7.55. The van der Waals surface area contributed by atoms with E-state index in [4.69, 9.17) is 4.74 Å². The maximum absolute atomic E-state index is 5.54. The molecule has 2 N–H and O–H groups in total. The highest BCUT2D eigenvalue weighted by Crippen LogP contribution is 2.33. The van der Waals surface area contributed by atoms with Crippen molar-refractivity contribution in [3.8, 4) is 5.75 Å². The molecule has 1 saturated carbocycles. The van der Waals surface area contributed by atoms with Gasteiger partial charge in [-0.3, -0.25) is 4.99 Å². The zero-order valence-electron chi connectivity index (χ0n) is 13.9. The first-order valence-corrected chi connectivity index (χ1v) is 8.54. The van der Waals surface area contributed by atoms with Crippen molar-refractivity contribution in [1.29, 1.82) is 0 Å². The molecule has 0 unspecified atom stereocenters. The van der Waals surface area contributed by atoms with Crippen LogP contribution in [0.3, 0.4) is 0 Å². The minimum Gasteiger partial charge on any atom is -0.493 e. The van der Waals surface area contributed by atoms with Crippen LogP contribution >= 0.6 is 24.0 Å². The molecule has 2 aliphatic rings. The molecule has 0 saturated heterocycles. The van der Waals surface area contributed by atoms with Gasteiger partial charge in [0.15, 0.2) is 5.96 Å². The maximum atomic E-state index is 5.54. The number of halogens is 1. The average molecular weight is 429 g/mol. The van der Waals surface area contributed by atoms with Crippen molar-refractivity contribution in [3.05, 3.63) is 29.3 Å². The molecule has 0 aromatic heterocycles. The summed E-state index contributed by atoms with van der Waals surface area (Å²) in [5, 5.41) is 6.80. The molecule has 4 nitrogen and oxygen atoms in total. The Morgan fingerprint density at radius 1 is 1.26 bits per heavy atom. The molecular formula is C18H28IN3O. The Morgan fingerprint density at radius 2 is 2.09 bits per heavy atom. The summed E-state index contributed by atoms with van der Waals surface area (Å²) in [7, 11) is 1.84. The van der Waals surface area contributed by atoms with Crippen LogP contribution in [0.15, 0.2) is 23.2 Å². The molecule has 0 spiro atoms. The first-order chi connectivity index (χ1) is 10.8. The van der Waals surface area contributed by atoms with Crippen molar-refractivity contribution in [2.45, 2.75) is 38.5 Å². The van der Waals surface area contributed by atoms with E-state index in [-0.39, 0.29) is 24.0 Å². The third-order valence-corrected chi connectivity index (χ3v) is 4.46. The van der Waals surface area contributed by atoms with E-state index in [1.165, 1.54) is 36.8 Å². The number of nitrogens with zero attached hydrogens (tertiary/aromatic N) is 1. The normalized spacial score (nSPS) is 16.3. The summed E-state index contributed by atoms with van der Waals surface area (Å²) in [6.45, 7) is 2.75. The summed E-state index contributed by atoms with van der Waals surface area (Å²) in [5.41, 5.74) is 2.71. The number of benzene rings is 1. The molecule has 1 fully saturated rings. The monoisotopic (exact) mass is 429 g/mol. The van der Waals surface area contributed by atoms with Crippen LogP contribution in [0.4, 0.5) is 0 Å². The van der Waals surface area contributed by atoms with Gasteiger partial charge in [0, 0.05) is 26.6 Å². The summed E-state index contributed by atoms with van der Waals surface area (Å²) in [5.74, 6) is 2.99. The Balaban J connectivity index is 0.00000192. The van der Waals surface area contributed by atoms with Gasteiger partial charge in [0.2, 0.25) is 0 Å². The van der Waals surface area contributed by atoms with E-state index in [9.17, 15) is 0 Å². The van der Waals surface area contributed by atoms with E-state index in [0.717, 1.165) is 50.2 Å². The second-order valence-corrected chi connectivity index (χ2v) is 6.30. The lowest BCUT2D eigenvalue weighted by Crippen LogP contribution is -2.38. The first kappa shape index (κ1) is 18.4. The van der Waals surface area contributed by atoms with Crippen molar-refractivity contribution >= 4 is 29.9 Å². The number of ether oxygens (including phenoxy) is 1. The van der Waals surface area contributed by atoms with Gasteiger partial charge in [-0.25, -0.2) is 0 Å². The fraction of sp³-hybridized carbons (Fsp3) is 0.611. The lowest BCUT2D eigenvalue weighted by atomic mass is 10.1. The molecule has 23 heavy (non-hydrogen) atoms. The quantitative estimate of drug-likeness (QED) is 0.303. The lowest BCUT2D eigenvalue weighted by molar-refractivity contribution is 0.357. The second-order valence-electron chi connectivity index (χ2n) is 6.30. The van der Waals surface area contributed by atoms with Crippen molar-refractivity contribution in [3.63, 3.8) is 0 Å². The second kappa shape index (κ2) is 9.35. The molecule has 1 aromatic carbocycles. The minimum absolute atomic E-state index is 0. The van der Waals surface area contributed by atoms with Crippen LogP contribution in [0.25, 0.3) is 0 Å². The molecule has 5 heteroatoms. The molecule has 0 radical (unpaired) electrons. The number of rotatable bonds is 7. The summed E-state index contributed by atoms with van der Waals surface area (Å²) in [6, 6.07) is 6.54. The number of hydrogen-bond donors (Lipinski definition) is 2. The van der Waals surface area contributed by atoms with Crippen molar-refractivity contribution in [2.75, 3.05) is 26.7 Å². The van der Waals surface area contributed by atoms with Crippen molar-refractivity contribution < 1.29 is 4.74 Å². The zero-order valence-corrected chi connectivity index (χ0v) is 16.3. The Hall–Kier alpha value is -0.980. The van der Waals surface area contributed by atoms with Gasteiger partial charge in [0.1, 0.15) is 5.75 Å². The molecule has 1 aliphatic heterocycles. The third kappa shape index (κ3) is 5.86. The maximum Gasteiger partial charge on any atom is 0.190 e. The van der Waals surface area contributed by atoms with Crippen molar-refractivity contribution in [1.82, 2.24) is 10.6 Å². The van der Waals surface area contributed by atoms with Gasteiger partial charge in [0.05, 0.1) is 6.61 Å². The number of guanidine groups is 1. The van der Waals surface area contributed by atoms with E-state index in [1.54, 1.807) is 0 Å². The predicted octanol–water partition coefficient (Wildman–Crippen LogP) is 3.14. The highest BCUT2D eigenvalue weighted by molar-refractivity contribution is 14.0. The molecular weight excluding hydrogens is 401 g/mol. The first-order valence-electron chi connectivity index (χ1n) is 8.54. The highest BCUT2D eigenvalue weighted by atomic mass is 127. The van der Waals surface area contributed by atoms with Gasteiger partial charge in [-0.15, -0.1) is 24.0 Å². The summed E-state index contributed by atoms with van der Waals surface area (Å²) >= 11 is 0. The van der Waals surface area contributed by atoms with Crippen LogP contribution < -0.4 is 15.4 Å². The number of aliphatic imine (C=N–C) groups is 1. The van der Waals surface area contributed by atoms with Gasteiger partial charge in [-0.1, -0.05) is 25.0 Å². The van der Waals surface area contributed by atoms with Crippen LogP contribution in [0.2, 0.25) is 0 Å². The largest absolute Gasteiger partial charge is 0.493 e. The minimum atomic E-state index is 0. The predicted molar refractivity (Wildman–Crippen MR) is 106 cm³/mol. The molecule has 3 rings (SSSR count). The van der Waals surface area contributed by atoms with E-state index >= 15 is 0 Å². The van der Waals surface area contributed by atoms with E-state index in [2.05, 4.69) is 33.8 Å². The zero-order chi connectivity index (χ0) is 15.2. The lowest BCUT2D eigenvalue weighted by Gasteiger charge is -2.12. The van der Waals surface area contributed by atoms with Crippen LogP contribution in [-0.4, -0.2) is 32.7 Å². The van der Waals surface area contributed by atoms with Crippen LogP contribution in [0.1, 0.15) is 36.8 Å². The van der Waals surface area contributed by atoms with Gasteiger partial charge in [-0.2, -0.15) is 0 Å². The van der Waals surface area contributed by atoms with Crippen LogP contribution in [0.5, 0.6) is 5.75 Å². The molecule has 0 bridgehead atoms. The molecule has 0 amide bonds. The standard InChI is InChI=1S/C18H27N3O.HI/c1-19-18(20-10-2-3-14-4-5-14)21-11-8-15-6-7-17-16(13-15)9-12-22-17;/h6-7,13-14H,2-5,8-12H2,1H3,(H2,19,20,21);1H. The van der Waals surface area contributed by atoms with E-state index < -0.39 is 0 Å². The van der Waals surface area contributed by atoms with Gasteiger partial charge in [-0.05, 0) is 42.4 Å². The third-order valence-electron chi connectivity index (χ3n) is 4.46. The molecule has 0 atom stereocenters. The molecule has 1 aliphatic carbocycles. The summed E-state index contributed by atoms with van der Waals surface area (Å²) in [4.78, 5) is 4.28. The molecule has 1 aromatic rings. The van der Waals surface area contributed by atoms with Crippen LogP contribution in [0, 0.1) is 5.92 Å². The number of hydrogen-bond acceptors (Lipinski definition) is 2. The Kier molecular flexibility index (Phi) is 7.46. The fourth-order valence-corrected chi connectivity index (χ4v) is 2.95.